The molecule has 1 aliphatic rings. The number of nitro benzene ring substituents is 1. The van der Waals surface area contributed by atoms with Crippen molar-refractivity contribution in [3.63, 3.8) is 0 Å². The van der Waals surface area contributed by atoms with Crippen molar-refractivity contribution in [2.75, 3.05) is 42.9 Å². The Morgan fingerprint density at radius 1 is 1.03 bits per heavy atom. The van der Waals surface area contributed by atoms with Crippen molar-refractivity contribution in [2.45, 2.75) is 0 Å². The predicted octanol–water partition coefficient (Wildman–Crippen LogP) is 2.90. The summed E-state index contributed by atoms with van der Waals surface area (Å²) in [5, 5.41) is 14.7. The molecule has 0 aliphatic carbocycles. The number of nitro groups is 1. The highest BCUT2D eigenvalue weighted by atomic mass is 16.6. The van der Waals surface area contributed by atoms with E-state index in [4.69, 9.17) is 0 Å². The SMILES string of the molecule is O=C(CN1CCN(c2ccc([N+](=O)[O-])cc2)CC1)Nc1cccc2ncccc12. The van der Waals surface area contributed by atoms with E-state index in [9.17, 15) is 14.9 Å². The van der Waals surface area contributed by atoms with Crippen molar-refractivity contribution < 1.29 is 9.72 Å². The van der Waals surface area contributed by atoms with Gasteiger partial charge >= 0.3 is 0 Å². The maximum atomic E-state index is 12.5. The molecule has 1 amide bonds. The van der Waals surface area contributed by atoms with Gasteiger partial charge in [0.15, 0.2) is 0 Å². The summed E-state index contributed by atoms with van der Waals surface area (Å²) in [6, 6.07) is 16.1. The largest absolute Gasteiger partial charge is 0.369 e. The van der Waals surface area contributed by atoms with Crippen LogP contribution in [0.1, 0.15) is 0 Å². The summed E-state index contributed by atoms with van der Waals surface area (Å²) >= 11 is 0. The molecule has 148 valence electrons. The molecule has 0 radical (unpaired) electrons. The number of benzene rings is 2. The van der Waals surface area contributed by atoms with E-state index in [1.807, 2.05) is 30.3 Å². The zero-order valence-electron chi connectivity index (χ0n) is 15.8. The van der Waals surface area contributed by atoms with Gasteiger partial charge in [-0.25, -0.2) is 0 Å². The monoisotopic (exact) mass is 391 g/mol. The molecule has 29 heavy (non-hydrogen) atoms. The lowest BCUT2D eigenvalue weighted by atomic mass is 10.2. The van der Waals surface area contributed by atoms with E-state index in [1.165, 1.54) is 12.1 Å². The highest BCUT2D eigenvalue weighted by Crippen LogP contribution is 2.22. The number of rotatable bonds is 5. The molecule has 2 aromatic carbocycles. The molecule has 4 rings (SSSR count). The topological polar surface area (TPSA) is 91.6 Å². The van der Waals surface area contributed by atoms with Crippen molar-refractivity contribution in [2.24, 2.45) is 0 Å². The van der Waals surface area contributed by atoms with Crippen molar-refractivity contribution in [1.29, 1.82) is 0 Å². The molecular weight excluding hydrogens is 370 g/mol. The Hall–Kier alpha value is -3.52. The maximum absolute atomic E-state index is 12.5. The van der Waals surface area contributed by atoms with E-state index in [0.29, 0.717) is 6.54 Å². The Morgan fingerprint density at radius 3 is 2.52 bits per heavy atom. The number of fused-ring (bicyclic) bond motifs is 1. The van der Waals surface area contributed by atoms with Gasteiger partial charge in [-0.15, -0.1) is 0 Å². The Morgan fingerprint density at radius 2 is 1.79 bits per heavy atom. The molecule has 0 unspecified atom stereocenters. The summed E-state index contributed by atoms with van der Waals surface area (Å²) < 4.78 is 0. The second-order valence-electron chi connectivity index (χ2n) is 6.96. The Bertz CT molecular complexity index is 1020. The minimum atomic E-state index is -0.396. The molecule has 0 bridgehead atoms. The van der Waals surface area contributed by atoms with Crippen molar-refractivity contribution in [3.8, 4) is 0 Å². The van der Waals surface area contributed by atoms with E-state index in [0.717, 1.165) is 48.5 Å². The van der Waals surface area contributed by atoms with Crippen LogP contribution in [0.15, 0.2) is 60.8 Å². The number of carbonyl (C=O) groups is 1. The summed E-state index contributed by atoms with van der Waals surface area (Å²) in [5.41, 5.74) is 2.67. The molecule has 0 atom stereocenters. The highest BCUT2D eigenvalue weighted by Gasteiger charge is 2.20. The summed E-state index contributed by atoms with van der Waals surface area (Å²) in [6.07, 6.45) is 1.73. The van der Waals surface area contributed by atoms with Crippen LogP contribution in [0, 0.1) is 10.1 Å². The van der Waals surface area contributed by atoms with Crippen LogP contribution in [0.5, 0.6) is 0 Å². The zero-order chi connectivity index (χ0) is 20.2. The lowest BCUT2D eigenvalue weighted by molar-refractivity contribution is -0.384. The molecule has 1 N–H and O–H groups in total. The fraction of sp³-hybridized carbons (Fsp3) is 0.238. The minimum absolute atomic E-state index is 0.0508. The van der Waals surface area contributed by atoms with Crippen LogP contribution in [-0.2, 0) is 4.79 Å². The van der Waals surface area contributed by atoms with Gasteiger partial charge in [-0.3, -0.25) is 24.8 Å². The normalized spacial score (nSPS) is 14.7. The van der Waals surface area contributed by atoms with Gasteiger partial charge in [-0.1, -0.05) is 6.07 Å². The van der Waals surface area contributed by atoms with Crippen molar-refractivity contribution in [1.82, 2.24) is 9.88 Å². The quantitative estimate of drug-likeness (QED) is 0.531. The third-order valence-corrected chi connectivity index (χ3v) is 5.08. The second kappa shape index (κ2) is 8.24. The number of nitrogens with zero attached hydrogens (tertiary/aromatic N) is 4. The van der Waals surface area contributed by atoms with Crippen LogP contribution in [0.3, 0.4) is 0 Å². The van der Waals surface area contributed by atoms with Crippen LogP contribution in [-0.4, -0.2) is 53.4 Å². The van der Waals surface area contributed by atoms with Gasteiger partial charge in [0.05, 0.1) is 22.7 Å². The Labute approximate surface area is 167 Å². The molecular formula is C21H21N5O3. The zero-order valence-corrected chi connectivity index (χ0v) is 15.8. The predicted molar refractivity (Wildman–Crippen MR) is 112 cm³/mol. The van der Waals surface area contributed by atoms with Crippen LogP contribution in [0.2, 0.25) is 0 Å². The summed E-state index contributed by atoms with van der Waals surface area (Å²) in [5.74, 6) is -0.0508. The van der Waals surface area contributed by atoms with Gasteiger partial charge in [-0.05, 0) is 36.4 Å². The van der Waals surface area contributed by atoms with Gasteiger partial charge in [0.25, 0.3) is 5.69 Å². The standard InChI is InChI=1S/C21H21N5O3/c27-21(23-20-5-1-4-19-18(20)3-2-10-22-19)15-24-11-13-25(14-12-24)16-6-8-17(9-7-16)26(28)29/h1-10H,11-15H2,(H,23,27). The Balaban J connectivity index is 1.32. The average molecular weight is 391 g/mol. The number of amides is 1. The summed E-state index contributed by atoms with van der Waals surface area (Å²) in [6.45, 7) is 3.36. The number of anilines is 2. The van der Waals surface area contributed by atoms with Crippen LogP contribution < -0.4 is 10.2 Å². The number of piperazine rings is 1. The molecule has 0 spiro atoms. The third-order valence-electron chi connectivity index (χ3n) is 5.08. The number of hydrogen-bond acceptors (Lipinski definition) is 6. The molecule has 0 saturated carbocycles. The first-order chi connectivity index (χ1) is 14.1. The van der Waals surface area contributed by atoms with E-state index in [1.54, 1.807) is 18.3 Å². The molecule has 1 saturated heterocycles. The summed E-state index contributed by atoms with van der Waals surface area (Å²) in [7, 11) is 0. The van der Waals surface area contributed by atoms with Crippen molar-refractivity contribution >= 4 is 33.9 Å². The Kier molecular flexibility index (Phi) is 5.35. The van der Waals surface area contributed by atoms with Gasteiger partial charge in [0.2, 0.25) is 5.91 Å². The first kappa shape index (κ1) is 18.8. The lowest BCUT2D eigenvalue weighted by Crippen LogP contribution is -2.48. The highest BCUT2D eigenvalue weighted by molar-refractivity contribution is 6.01. The fourth-order valence-electron chi connectivity index (χ4n) is 3.55. The number of non-ortho nitro benzene ring substituents is 1. The van der Waals surface area contributed by atoms with Gasteiger partial charge in [0, 0.05) is 55.6 Å². The van der Waals surface area contributed by atoms with Gasteiger partial charge < -0.3 is 10.2 Å². The average Bonchev–Trinajstić information content (AvgIpc) is 2.74. The molecule has 8 nitrogen and oxygen atoms in total. The smallest absolute Gasteiger partial charge is 0.269 e. The number of carbonyl (C=O) groups excluding carboxylic acids is 1. The third kappa shape index (κ3) is 4.33. The second-order valence-corrected chi connectivity index (χ2v) is 6.96. The van der Waals surface area contributed by atoms with Gasteiger partial charge in [-0.2, -0.15) is 0 Å². The van der Waals surface area contributed by atoms with E-state index >= 15 is 0 Å². The molecule has 1 aromatic heterocycles. The fourth-order valence-corrected chi connectivity index (χ4v) is 3.55. The first-order valence-electron chi connectivity index (χ1n) is 9.45. The van der Waals surface area contributed by atoms with Gasteiger partial charge in [0.1, 0.15) is 0 Å². The van der Waals surface area contributed by atoms with Crippen LogP contribution in [0.25, 0.3) is 10.9 Å². The van der Waals surface area contributed by atoms with Crippen molar-refractivity contribution in [3.05, 3.63) is 70.9 Å². The van der Waals surface area contributed by atoms with E-state index in [2.05, 4.69) is 20.1 Å². The summed E-state index contributed by atoms with van der Waals surface area (Å²) in [4.78, 5) is 31.5. The lowest BCUT2D eigenvalue weighted by Gasteiger charge is -2.35. The molecule has 1 aliphatic heterocycles. The van der Waals surface area contributed by atoms with Crippen LogP contribution >= 0.6 is 0 Å². The van der Waals surface area contributed by atoms with Crippen LogP contribution in [0.4, 0.5) is 17.1 Å². The molecule has 8 heteroatoms. The molecule has 2 heterocycles. The number of hydrogen-bond donors (Lipinski definition) is 1. The molecule has 1 fully saturated rings. The maximum Gasteiger partial charge on any atom is 0.269 e. The molecule has 3 aromatic rings. The van der Waals surface area contributed by atoms with E-state index < -0.39 is 4.92 Å². The first-order valence-corrected chi connectivity index (χ1v) is 9.45. The number of pyridine rings is 1. The number of aromatic nitrogens is 1. The van der Waals surface area contributed by atoms with E-state index in [-0.39, 0.29) is 11.6 Å². The number of nitrogens with one attached hydrogen (secondary N) is 1. The minimum Gasteiger partial charge on any atom is -0.369 e.